The summed E-state index contributed by atoms with van der Waals surface area (Å²) in [4.78, 5) is 20.0. The fraction of sp³-hybridized carbons (Fsp3) is 0.364. The molecule has 2 aromatic rings. The third kappa shape index (κ3) is 4.04. The molecule has 2 aromatic heterocycles. The van der Waals surface area contributed by atoms with E-state index in [1.807, 2.05) is 10.8 Å². The largest absolute Gasteiger partial charge is 0.355 e. The number of rotatable bonds is 6. The molecule has 7 heteroatoms. The molecule has 1 N–H and O–H groups in total. The normalized spacial score (nSPS) is 10.5. The SMILES string of the molecule is O=C(Cc1nc(CCl)cs1)NCCc1cscn1. The number of carbonyl (C=O) groups excluding carboxylic acids is 1. The molecule has 2 rings (SSSR count). The molecule has 0 aliphatic rings. The number of nitrogens with one attached hydrogen (secondary N) is 1. The Labute approximate surface area is 118 Å². The van der Waals surface area contributed by atoms with E-state index in [2.05, 4.69) is 15.3 Å². The van der Waals surface area contributed by atoms with Crippen LogP contribution in [0.15, 0.2) is 16.3 Å². The minimum atomic E-state index is -0.0132. The molecule has 0 unspecified atom stereocenters. The van der Waals surface area contributed by atoms with Gasteiger partial charge in [0.2, 0.25) is 5.91 Å². The monoisotopic (exact) mass is 301 g/mol. The maximum atomic E-state index is 11.6. The molecule has 18 heavy (non-hydrogen) atoms. The molecular weight excluding hydrogens is 290 g/mol. The number of hydrogen-bond donors (Lipinski definition) is 1. The molecule has 0 aliphatic carbocycles. The smallest absolute Gasteiger partial charge is 0.226 e. The standard InChI is InChI=1S/C11H12ClN3OS2/c12-4-9-6-18-11(15-9)3-10(16)13-2-1-8-5-17-7-14-8/h5-7H,1-4H2,(H,13,16). The minimum absolute atomic E-state index is 0.0132. The second-order valence-corrected chi connectivity index (χ2v) is 5.55. The van der Waals surface area contributed by atoms with Crippen LogP contribution < -0.4 is 5.32 Å². The van der Waals surface area contributed by atoms with Crippen LogP contribution in [0.2, 0.25) is 0 Å². The van der Waals surface area contributed by atoms with Gasteiger partial charge in [0.1, 0.15) is 5.01 Å². The van der Waals surface area contributed by atoms with Gasteiger partial charge in [-0.1, -0.05) is 0 Å². The van der Waals surface area contributed by atoms with E-state index in [4.69, 9.17) is 11.6 Å². The van der Waals surface area contributed by atoms with Gasteiger partial charge in [-0.25, -0.2) is 9.97 Å². The summed E-state index contributed by atoms with van der Waals surface area (Å²) >= 11 is 8.68. The van der Waals surface area contributed by atoms with Crippen LogP contribution in [-0.4, -0.2) is 22.4 Å². The Kier molecular flexibility index (Phi) is 5.10. The highest BCUT2D eigenvalue weighted by molar-refractivity contribution is 7.09. The van der Waals surface area contributed by atoms with Crippen molar-refractivity contribution in [1.29, 1.82) is 0 Å². The molecule has 0 saturated carbocycles. The van der Waals surface area contributed by atoms with E-state index in [0.717, 1.165) is 22.8 Å². The number of carbonyl (C=O) groups is 1. The second-order valence-electron chi connectivity index (χ2n) is 3.62. The zero-order valence-corrected chi connectivity index (χ0v) is 11.9. The van der Waals surface area contributed by atoms with Crippen molar-refractivity contribution < 1.29 is 4.79 Å². The van der Waals surface area contributed by atoms with Gasteiger partial charge in [-0.05, 0) is 0 Å². The first-order chi connectivity index (χ1) is 8.78. The summed E-state index contributed by atoms with van der Waals surface area (Å²) in [6, 6.07) is 0. The molecule has 0 radical (unpaired) electrons. The maximum Gasteiger partial charge on any atom is 0.226 e. The van der Waals surface area contributed by atoms with Crippen LogP contribution in [0.25, 0.3) is 0 Å². The number of hydrogen-bond acceptors (Lipinski definition) is 5. The summed E-state index contributed by atoms with van der Waals surface area (Å²) < 4.78 is 0. The molecule has 0 aliphatic heterocycles. The van der Waals surface area contributed by atoms with Gasteiger partial charge < -0.3 is 5.32 Å². The lowest BCUT2D eigenvalue weighted by molar-refractivity contribution is -0.120. The fourth-order valence-corrected chi connectivity index (χ4v) is 3.00. The van der Waals surface area contributed by atoms with Gasteiger partial charge in [-0.2, -0.15) is 0 Å². The Morgan fingerprint density at radius 1 is 1.39 bits per heavy atom. The first-order valence-corrected chi connectivity index (χ1v) is 7.76. The maximum absolute atomic E-state index is 11.6. The summed E-state index contributed by atoms with van der Waals surface area (Å²) in [7, 11) is 0. The minimum Gasteiger partial charge on any atom is -0.355 e. The molecule has 0 spiro atoms. The lowest BCUT2D eigenvalue weighted by Crippen LogP contribution is -2.27. The Bertz CT molecular complexity index is 498. The molecular formula is C11H12ClN3OS2. The number of thiazole rings is 2. The van der Waals surface area contributed by atoms with Gasteiger partial charge in [-0.15, -0.1) is 34.3 Å². The van der Waals surface area contributed by atoms with Gasteiger partial charge in [0.25, 0.3) is 0 Å². The van der Waals surface area contributed by atoms with Crippen LogP contribution >= 0.6 is 34.3 Å². The van der Waals surface area contributed by atoms with E-state index >= 15 is 0 Å². The van der Waals surface area contributed by atoms with Crippen molar-refractivity contribution in [1.82, 2.24) is 15.3 Å². The van der Waals surface area contributed by atoms with Gasteiger partial charge in [-0.3, -0.25) is 4.79 Å². The molecule has 96 valence electrons. The third-order valence-electron chi connectivity index (χ3n) is 2.23. The quantitative estimate of drug-likeness (QED) is 0.833. The van der Waals surface area contributed by atoms with Crippen molar-refractivity contribution in [2.24, 2.45) is 0 Å². The molecule has 0 bridgehead atoms. The number of halogens is 1. The summed E-state index contributed by atoms with van der Waals surface area (Å²) in [6.07, 6.45) is 1.08. The van der Waals surface area contributed by atoms with Crippen molar-refractivity contribution in [2.45, 2.75) is 18.7 Å². The molecule has 0 atom stereocenters. The first kappa shape index (κ1) is 13.5. The topological polar surface area (TPSA) is 54.9 Å². The fourth-order valence-electron chi connectivity index (χ4n) is 1.38. The zero-order valence-electron chi connectivity index (χ0n) is 9.56. The molecule has 0 fully saturated rings. The van der Waals surface area contributed by atoms with Crippen LogP contribution in [0.3, 0.4) is 0 Å². The zero-order chi connectivity index (χ0) is 12.8. The van der Waals surface area contributed by atoms with Crippen LogP contribution in [0.1, 0.15) is 16.4 Å². The van der Waals surface area contributed by atoms with Crippen molar-refractivity contribution in [3.63, 3.8) is 0 Å². The van der Waals surface area contributed by atoms with E-state index in [0.29, 0.717) is 18.8 Å². The van der Waals surface area contributed by atoms with Crippen molar-refractivity contribution >= 4 is 40.2 Å². The summed E-state index contributed by atoms with van der Waals surface area (Å²) in [5.41, 5.74) is 3.63. The first-order valence-electron chi connectivity index (χ1n) is 5.41. The van der Waals surface area contributed by atoms with Gasteiger partial charge in [0, 0.05) is 23.7 Å². The lowest BCUT2D eigenvalue weighted by atomic mass is 10.3. The second kappa shape index (κ2) is 6.82. The van der Waals surface area contributed by atoms with E-state index < -0.39 is 0 Å². The van der Waals surface area contributed by atoms with E-state index in [9.17, 15) is 4.79 Å². The summed E-state index contributed by atoms with van der Waals surface area (Å²) in [5, 5.41) is 7.52. The highest BCUT2D eigenvalue weighted by Crippen LogP contribution is 2.12. The van der Waals surface area contributed by atoms with Crippen LogP contribution in [0.5, 0.6) is 0 Å². The predicted molar refractivity (Wildman–Crippen MR) is 74.2 cm³/mol. The lowest BCUT2D eigenvalue weighted by Gasteiger charge is -2.01. The van der Waals surface area contributed by atoms with Crippen LogP contribution in [0, 0.1) is 0 Å². The van der Waals surface area contributed by atoms with Gasteiger partial charge in [0.05, 0.1) is 29.2 Å². The highest BCUT2D eigenvalue weighted by atomic mass is 35.5. The Morgan fingerprint density at radius 2 is 2.28 bits per heavy atom. The average Bonchev–Trinajstić information content (AvgIpc) is 3.00. The van der Waals surface area contributed by atoms with E-state index in [-0.39, 0.29) is 5.91 Å². The molecule has 0 saturated heterocycles. The Morgan fingerprint density at radius 3 is 2.94 bits per heavy atom. The Hall–Kier alpha value is -0.980. The number of nitrogens with zero attached hydrogens (tertiary/aromatic N) is 2. The summed E-state index contributed by atoms with van der Waals surface area (Å²) in [6.45, 7) is 0.607. The number of amides is 1. The molecule has 2 heterocycles. The van der Waals surface area contributed by atoms with Gasteiger partial charge in [0.15, 0.2) is 0 Å². The predicted octanol–water partition coefficient (Wildman–Crippen LogP) is 2.24. The van der Waals surface area contributed by atoms with E-state index in [1.54, 1.807) is 16.8 Å². The molecule has 1 amide bonds. The van der Waals surface area contributed by atoms with Crippen molar-refractivity contribution in [3.8, 4) is 0 Å². The van der Waals surface area contributed by atoms with Crippen molar-refractivity contribution in [3.05, 3.63) is 32.7 Å². The van der Waals surface area contributed by atoms with Crippen LogP contribution in [0.4, 0.5) is 0 Å². The third-order valence-corrected chi connectivity index (χ3v) is 4.04. The number of aromatic nitrogens is 2. The average molecular weight is 302 g/mol. The van der Waals surface area contributed by atoms with E-state index in [1.165, 1.54) is 11.3 Å². The van der Waals surface area contributed by atoms with Gasteiger partial charge >= 0.3 is 0 Å². The Balaban J connectivity index is 1.71. The summed E-state index contributed by atoms with van der Waals surface area (Å²) in [5.74, 6) is 0.378. The van der Waals surface area contributed by atoms with Crippen molar-refractivity contribution in [2.75, 3.05) is 6.54 Å². The highest BCUT2D eigenvalue weighted by Gasteiger charge is 2.07. The molecule has 4 nitrogen and oxygen atoms in total. The van der Waals surface area contributed by atoms with Crippen LogP contribution in [-0.2, 0) is 23.5 Å². The molecule has 0 aromatic carbocycles. The number of alkyl halides is 1.